The van der Waals surface area contributed by atoms with Crippen molar-refractivity contribution in [2.75, 3.05) is 7.11 Å². The molecule has 262 valence electrons. The zero-order valence-electron chi connectivity index (χ0n) is 27.0. The minimum atomic E-state index is -0.986. The summed E-state index contributed by atoms with van der Waals surface area (Å²) in [5.41, 5.74) is 8.09. The molecule has 4 N–H and O–H groups in total. The maximum absolute atomic E-state index is 13.2. The van der Waals surface area contributed by atoms with Crippen LogP contribution in [-0.2, 0) is 17.8 Å². The third kappa shape index (κ3) is 8.12. The molecule has 0 saturated heterocycles. The van der Waals surface area contributed by atoms with Gasteiger partial charge in [-0.2, -0.15) is 10.2 Å². The van der Waals surface area contributed by atoms with E-state index in [0.29, 0.717) is 33.8 Å². The van der Waals surface area contributed by atoms with Crippen LogP contribution in [0.4, 0.5) is 17.6 Å². The number of amides is 3. The zero-order chi connectivity index (χ0) is 37.0. The molecule has 14 nitrogen and oxygen atoms in total. The predicted octanol–water partition coefficient (Wildman–Crippen LogP) is 3.38. The fourth-order valence-corrected chi connectivity index (χ4v) is 4.65. The second-order valence-electron chi connectivity index (χ2n) is 10.9. The van der Waals surface area contributed by atoms with Crippen molar-refractivity contribution in [3.8, 4) is 0 Å². The van der Waals surface area contributed by atoms with E-state index in [1.165, 1.54) is 52.5 Å². The van der Waals surface area contributed by atoms with Crippen LogP contribution in [0.2, 0.25) is 0 Å². The Morgan fingerprint density at radius 1 is 0.647 bits per heavy atom. The molecule has 0 aliphatic heterocycles. The first kappa shape index (κ1) is 35.6. The summed E-state index contributed by atoms with van der Waals surface area (Å²) in [6, 6.07) is 12.5. The largest absolute Gasteiger partial charge is 0.464 e. The molecule has 2 aromatic carbocycles. The van der Waals surface area contributed by atoms with Crippen LogP contribution in [-0.4, -0.2) is 60.0 Å². The van der Waals surface area contributed by atoms with Gasteiger partial charge in [-0.15, -0.1) is 0 Å². The van der Waals surface area contributed by atoms with Crippen molar-refractivity contribution in [2.24, 2.45) is 5.73 Å². The molecule has 6 aromatic rings. The number of fused-ring (bicyclic) bond motifs is 2. The number of nitrogens with two attached hydrogens (primary N) is 1. The Balaban J connectivity index is 0.000000198. The van der Waals surface area contributed by atoms with Crippen molar-refractivity contribution in [3.63, 3.8) is 0 Å². The predicted molar refractivity (Wildman–Crippen MR) is 170 cm³/mol. The van der Waals surface area contributed by atoms with Gasteiger partial charge >= 0.3 is 5.97 Å². The number of aryl methyl sites for hydroxylation is 2. The first-order chi connectivity index (χ1) is 24.2. The van der Waals surface area contributed by atoms with Gasteiger partial charge < -0.3 is 21.1 Å². The number of rotatable bonds is 8. The summed E-state index contributed by atoms with van der Waals surface area (Å²) in [5, 5.41) is 13.2. The molecule has 0 radical (unpaired) electrons. The highest BCUT2D eigenvalue weighted by molar-refractivity contribution is 5.94. The van der Waals surface area contributed by atoms with Crippen LogP contribution in [0.1, 0.15) is 64.5 Å². The molecule has 18 heteroatoms. The first-order valence-electron chi connectivity index (χ1n) is 14.8. The van der Waals surface area contributed by atoms with Gasteiger partial charge in [0.1, 0.15) is 11.4 Å². The minimum absolute atomic E-state index is 0.00768. The van der Waals surface area contributed by atoms with Gasteiger partial charge in [0.05, 0.1) is 7.11 Å². The van der Waals surface area contributed by atoms with Crippen LogP contribution in [0.3, 0.4) is 0 Å². The normalized spacial score (nSPS) is 10.8. The lowest BCUT2D eigenvalue weighted by atomic mass is 10.2. The molecule has 4 aromatic heterocycles. The summed E-state index contributed by atoms with van der Waals surface area (Å²) in [6.07, 6.45) is 0. The molecule has 0 bridgehead atoms. The standard InChI is InChI=1S/C17H14F2N4O3.C16H13F2N5O2/c1-9-5-13(21-15-7-14(17(25)26-2)22-23(9)15)16(24)20-8-10-3-4-11(18)12(19)6-10;1-8-4-13(21-14-6-12(15(19)24)22-23(8)14)16(25)20-7-9-2-3-10(17)11(18)5-9/h3-7H,8H2,1-2H3,(H,20,24);2-6H,7H2,1H3,(H2,19,24)(H,20,25). The van der Waals surface area contributed by atoms with Crippen molar-refractivity contribution < 1.29 is 41.5 Å². The van der Waals surface area contributed by atoms with E-state index in [1.54, 1.807) is 13.8 Å². The van der Waals surface area contributed by atoms with E-state index >= 15 is 0 Å². The molecule has 0 fully saturated rings. The third-order valence-electron chi connectivity index (χ3n) is 7.20. The molecule has 0 aliphatic rings. The molecule has 0 saturated carbocycles. The lowest BCUT2D eigenvalue weighted by Gasteiger charge is -2.07. The van der Waals surface area contributed by atoms with Gasteiger partial charge in [0.2, 0.25) is 0 Å². The van der Waals surface area contributed by atoms with Crippen LogP contribution in [0.25, 0.3) is 11.3 Å². The fraction of sp³-hybridized carbons (Fsp3) is 0.152. The Kier molecular flexibility index (Phi) is 10.3. The Morgan fingerprint density at radius 2 is 1.08 bits per heavy atom. The maximum atomic E-state index is 13.2. The van der Waals surface area contributed by atoms with E-state index < -0.39 is 47.0 Å². The number of hydrogen-bond donors (Lipinski definition) is 3. The number of esters is 1. The van der Waals surface area contributed by atoms with Crippen molar-refractivity contribution in [3.05, 3.63) is 129 Å². The molecule has 51 heavy (non-hydrogen) atoms. The van der Waals surface area contributed by atoms with E-state index in [-0.39, 0.29) is 35.9 Å². The van der Waals surface area contributed by atoms with Crippen molar-refractivity contribution in [1.82, 2.24) is 39.8 Å². The monoisotopic (exact) mass is 705 g/mol. The lowest BCUT2D eigenvalue weighted by molar-refractivity contribution is 0.0593. The Labute approximate surface area is 285 Å². The molecular weight excluding hydrogens is 678 g/mol. The molecule has 0 unspecified atom stereocenters. The van der Waals surface area contributed by atoms with Gasteiger partial charge in [-0.25, -0.2) is 41.4 Å². The number of carbonyl (C=O) groups excluding carboxylic acids is 4. The summed E-state index contributed by atoms with van der Waals surface area (Å²) in [5.74, 6) is -6.19. The molecular formula is C33H27F4N9O5. The summed E-state index contributed by atoms with van der Waals surface area (Å²) in [4.78, 5) is 55.6. The summed E-state index contributed by atoms with van der Waals surface area (Å²) in [6.45, 7) is 3.41. The van der Waals surface area contributed by atoms with Gasteiger partial charge in [-0.1, -0.05) is 12.1 Å². The third-order valence-corrected chi connectivity index (χ3v) is 7.20. The van der Waals surface area contributed by atoms with Crippen LogP contribution in [0, 0.1) is 37.1 Å². The van der Waals surface area contributed by atoms with Crippen molar-refractivity contribution in [2.45, 2.75) is 26.9 Å². The SMILES string of the molecule is COC(=O)c1cc2nc(C(=O)NCc3ccc(F)c(F)c3)cc(C)n2n1.Cc1cc(C(=O)NCc2ccc(F)c(F)c2)nc2cc(C(N)=O)nn12. The van der Waals surface area contributed by atoms with Crippen LogP contribution < -0.4 is 16.4 Å². The van der Waals surface area contributed by atoms with Crippen LogP contribution in [0.15, 0.2) is 60.7 Å². The Bertz CT molecular complexity index is 2340. The molecule has 3 amide bonds. The van der Waals surface area contributed by atoms with Crippen LogP contribution in [0.5, 0.6) is 0 Å². The zero-order valence-corrected chi connectivity index (χ0v) is 27.0. The molecule has 4 heterocycles. The lowest BCUT2D eigenvalue weighted by Crippen LogP contribution is -2.24. The minimum Gasteiger partial charge on any atom is -0.464 e. The smallest absolute Gasteiger partial charge is 0.358 e. The molecule has 6 rings (SSSR count). The number of primary amides is 1. The average molecular weight is 706 g/mol. The second kappa shape index (κ2) is 14.8. The second-order valence-corrected chi connectivity index (χ2v) is 10.9. The number of benzene rings is 2. The van der Waals surface area contributed by atoms with Crippen LogP contribution >= 0.6 is 0 Å². The Hall–Kier alpha value is -6.72. The van der Waals surface area contributed by atoms with E-state index in [2.05, 4.69) is 35.5 Å². The maximum Gasteiger partial charge on any atom is 0.358 e. The molecule has 0 aliphatic carbocycles. The van der Waals surface area contributed by atoms with Gasteiger partial charge in [0, 0.05) is 36.6 Å². The number of nitrogens with zero attached hydrogens (tertiary/aromatic N) is 6. The van der Waals surface area contributed by atoms with E-state index in [1.807, 2.05) is 0 Å². The van der Waals surface area contributed by atoms with Crippen molar-refractivity contribution >= 4 is 35.0 Å². The van der Waals surface area contributed by atoms with E-state index in [4.69, 9.17) is 5.73 Å². The highest BCUT2D eigenvalue weighted by atomic mass is 19.2. The number of ether oxygens (including phenoxy) is 1. The number of hydrogen-bond acceptors (Lipinski definition) is 9. The molecule has 0 spiro atoms. The number of nitrogens with one attached hydrogen (secondary N) is 2. The number of methoxy groups -OCH3 is 1. The Morgan fingerprint density at radius 3 is 1.49 bits per heavy atom. The van der Waals surface area contributed by atoms with Gasteiger partial charge in [0.25, 0.3) is 17.7 Å². The average Bonchev–Trinajstić information content (AvgIpc) is 3.75. The number of carbonyl (C=O) groups is 4. The summed E-state index contributed by atoms with van der Waals surface area (Å²) in [7, 11) is 1.24. The molecule has 0 atom stereocenters. The van der Waals surface area contributed by atoms with Gasteiger partial charge in [0.15, 0.2) is 46.0 Å². The quantitative estimate of drug-likeness (QED) is 0.158. The van der Waals surface area contributed by atoms with Crippen molar-refractivity contribution in [1.29, 1.82) is 0 Å². The summed E-state index contributed by atoms with van der Waals surface area (Å²) >= 11 is 0. The first-order valence-corrected chi connectivity index (χ1v) is 14.8. The van der Waals surface area contributed by atoms with E-state index in [9.17, 15) is 36.7 Å². The highest BCUT2D eigenvalue weighted by Gasteiger charge is 2.17. The number of halogens is 4. The van der Waals surface area contributed by atoms with Gasteiger partial charge in [-0.3, -0.25) is 14.4 Å². The summed E-state index contributed by atoms with van der Waals surface area (Å²) < 4.78 is 59.6. The topological polar surface area (TPSA) is 188 Å². The van der Waals surface area contributed by atoms with Gasteiger partial charge in [-0.05, 0) is 61.4 Å². The fourth-order valence-electron chi connectivity index (χ4n) is 4.65. The number of aromatic nitrogens is 6. The van der Waals surface area contributed by atoms with E-state index in [0.717, 1.165) is 24.3 Å². The highest BCUT2D eigenvalue weighted by Crippen LogP contribution is 2.13.